The Balaban J connectivity index is 1.97. The summed E-state index contributed by atoms with van der Waals surface area (Å²) in [5.41, 5.74) is 0. The number of thiocarbonyl (C=S) groups is 1. The maximum atomic E-state index is 11.7. The van der Waals surface area contributed by atoms with Gasteiger partial charge in [0.25, 0.3) is 0 Å². The third-order valence-electron chi connectivity index (χ3n) is 3.55. The molecule has 2 fully saturated rings. The standard InChI is InChI=1S/C9H17N2O14P3S/c12-5-1-2-11(9(29)10-5)8-7(14)6(13)4(23-8)3-22-27(18,19)25-28(20,21)24-26(15,16)17/h4,6-8,13-14H,1-3H2,(H,18,19)(H,20,21)(H,10,12,29)(H2,15,16,17). The number of nitrogens with zero attached hydrogens (tertiary/aromatic N) is 1. The lowest BCUT2D eigenvalue weighted by Gasteiger charge is -2.35. The van der Waals surface area contributed by atoms with Crippen molar-refractivity contribution in [2.45, 2.75) is 31.0 Å². The van der Waals surface area contributed by atoms with Gasteiger partial charge in [-0.15, -0.1) is 0 Å². The van der Waals surface area contributed by atoms with Crippen LogP contribution in [0.2, 0.25) is 0 Å². The largest absolute Gasteiger partial charge is 0.490 e. The maximum absolute atomic E-state index is 11.7. The Bertz CT molecular complexity index is 803. The summed E-state index contributed by atoms with van der Waals surface area (Å²) >= 11 is 4.95. The number of hydrogen-bond donors (Lipinski definition) is 7. The lowest BCUT2D eigenvalue weighted by Crippen LogP contribution is -2.56. The number of nitrogens with one attached hydrogen (secondary N) is 1. The van der Waals surface area contributed by atoms with Gasteiger partial charge in [-0.2, -0.15) is 8.62 Å². The maximum Gasteiger partial charge on any atom is 0.490 e. The van der Waals surface area contributed by atoms with Crippen LogP contribution in [0.1, 0.15) is 6.42 Å². The van der Waals surface area contributed by atoms with Gasteiger partial charge in [-0.25, -0.2) is 13.7 Å². The quantitative estimate of drug-likeness (QED) is 0.139. The number of aliphatic hydroxyl groups is 2. The zero-order chi connectivity index (χ0) is 22.2. The molecule has 2 saturated heterocycles. The minimum absolute atomic E-state index is 0.0228. The Morgan fingerprint density at radius 3 is 2.28 bits per heavy atom. The van der Waals surface area contributed by atoms with Crippen molar-refractivity contribution in [1.82, 2.24) is 10.2 Å². The van der Waals surface area contributed by atoms with Crippen LogP contribution in [0.5, 0.6) is 0 Å². The Kier molecular flexibility index (Phi) is 7.75. The Morgan fingerprint density at radius 2 is 1.72 bits per heavy atom. The van der Waals surface area contributed by atoms with Gasteiger partial charge in [0.15, 0.2) is 11.3 Å². The molecule has 0 aromatic carbocycles. The van der Waals surface area contributed by atoms with E-state index in [1.165, 1.54) is 4.90 Å². The molecule has 6 unspecified atom stereocenters. The average molecular weight is 502 g/mol. The molecule has 0 bridgehead atoms. The highest BCUT2D eigenvalue weighted by molar-refractivity contribution is 7.80. The van der Waals surface area contributed by atoms with Crippen LogP contribution in [0.15, 0.2) is 0 Å². The molecule has 16 nitrogen and oxygen atoms in total. The first-order valence-corrected chi connectivity index (χ1v) is 12.4. The van der Waals surface area contributed by atoms with Crippen LogP contribution in [-0.2, 0) is 36.4 Å². The lowest BCUT2D eigenvalue weighted by molar-refractivity contribution is -0.123. The van der Waals surface area contributed by atoms with Gasteiger partial charge < -0.3 is 44.7 Å². The molecular weight excluding hydrogens is 485 g/mol. The molecule has 168 valence electrons. The minimum Gasteiger partial charge on any atom is -0.387 e. The molecule has 1 amide bonds. The van der Waals surface area contributed by atoms with E-state index in [4.69, 9.17) is 31.6 Å². The minimum atomic E-state index is -5.69. The number of phosphoric acid groups is 3. The van der Waals surface area contributed by atoms with Crippen molar-refractivity contribution < 1.29 is 66.2 Å². The Morgan fingerprint density at radius 1 is 1.10 bits per heavy atom. The molecule has 2 rings (SSSR count). The van der Waals surface area contributed by atoms with Gasteiger partial charge >= 0.3 is 23.5 Å². The summed E-state index contributed by atoms with van der Waals surface area (Å²) in [5.74, 6) is -0.358. The van der Waals surface area contributed by atoms with Gasteiger partial charge in [-0.3, -0.25) is 9.32 Å². The molecule has 2 heterocycles. The number of ether oxygens (including phenoxy) is 1. The van der Waals surface area contributed by atoms with E-state index < -0.39 is 54.6 Å². The Hall–Kier alpha value is -0.350. The number of amides is 1. The third kappa shape index (κ3) is 7.09. The summed E-state index contributed by atoms with van der Waals surface area (Å²) in [6.45, 7) is -0.896. The van der Waals surface area contributed by atoms with Crippen molar-refractivity contribution in [3.8, 4) is 0 Å². The van der Waals surface area contributed by atoms with Crippen LogP contribution < -0.4 is 5.32 Å². The molecule has 2 aliphatic rings. The number of carbonyl (C=O) groups excluding carboxylic acids is 1. The summed E-state index contributed by atoms with van der Waals surface area (Å²) in [7, 11) is -16.7. The fraction of sp³-hybridized carbons (Fsp3) is 0.778. The molecule has 0 aromatic rings. The van der Waals surface area contributed by atoms with Crippen molar-refractivity contribution in [3.05, 3.63) is 0 Å². The van der Waals surface area contributed by atoms with E-state index in [1.807, 2.05) is 0 Å². The molecule has 2 aliphatic heterocycles. The van der Waals surface area contributed by atoms with Crippen LogP contribution in [0, 0.1) is 0 Å². The summed E-state index contributed by atoms with van der Waals surface area (Å²) < 4.78 is 50.3. The number of rotatable bonds is 8. The molecule has 0 saturated carbocycles. The van der Waals surface area contributed by atoms with Crippen LogP contribution in [0.4, 0.5) is 0 Å². The second-order valence-corrected chi connectivity index (χ2v) is 10.5. The molecule has 0 spiro atoms. The van der Waals surface area contributed by atoms with Crippen LogP contribution in [0.3, 0.4) is 0 Å². The second-order valence-electron chi connectivity index (χ2n) is 5.73. The Labute approximate surface area is 167 Å². The fourth-order valence-electron chi connectivity index (χ4n) is 2.42. The average Bonchev–Trinajstić information content (AvgIpc) is 2.78. The highest BCUT2D eigenvalue weighted by Gasteiger charge is 2.48. The van der Waals surface area contributed by atoms with Crippen molar-refractivity contribution >= 4 is 46.7 Å². The van der Waals surface area contributed by atoms with Gasteiger partial charge in [0.1, 0.15) is 18.3 Å². The van der Waals surface area contributed by atoms with E-state index in [9.17, 15) is 33.6 Å². The summed E-state index contributed by atoms with van der Waals surface area (Å²) in [5, 5.41) is 22.4. The van der Waals surface area contributed by atoms with E-state index in [0.29, 0.717) is 0 Å². The smallest absolute Gasteiger partial charge is 0.387 e. The van der Waals surface area contributed by atoms with Crippen LogP contribution >= 0.6 is 35.7 Å². The van der Waals surface area contributed by atoms with Gasteiger partial charge in [-0.1, -0.05) is 0 Å². The number of aliphatic hydroxyl groups excluding tert-OH is 2. The van der Waals surface area contributed by atoms with Crippen LogP contribution in [-0.4, -0.2) is 83.4 Å². The van der Waals surface area contributed by atoms with Gasteiger partial charge in [0.05, 0.1) is 6.61 Å². The fourth-order valence-corrected chi connectivity index (χ4v) is 5.75. The monoisotopic (exact) mass is 502 g/mol. The predicted octanol–water partition coefficient (Wildman–Crippen LogP) is -2.12. The molecular formula is C9H17N2O14P3S. The van der Waals surface area contributed by atoms with Gasteiger partial charge in [0, 0.05) is 13.0 Å². The van der Waals surface area contributed by atoms with Crippen molar-refractivity contribution in [2.75, 3.05) is 13.2 Å². The number of hydrogen-bond acceptors (Lipinski definition) is 11. The van der Waals surface area contributed by atoms with Crippen molar-refractivity contribution in [1.29, 1.82) is 0 Å². The van der Waals surface area contributed by atoms with Gasteiger partial charge in [-0.05, 0) is 12.2 Å². The zero-order valence-electron chi connectivity index (χ0n) is 14.1. The van der Waals surface area contributed by atoms with E-state index in [0.717, 1.165) is 0 Å². The lowest BCUT2D eigenvalue weighted by atomic mass is 10.1. The molecule has 6 atom stereocenters. The first kappa shape index (κ1) is 24.9. The third-order valence-corrected chi connectivity index (χ3v) is 7.69. The SMILES string of the molecule is O=C1CCN(C2OC(COP(=O)(O)OP(=O)(O)OP(=O)(O)O)C(O)C2O)C(=S)N1. The predicted molar refractivity (Wildman–Crippen MR) is 92.6 cm³/mol. The number of carbonyl (C=O) groups is 1. The second kappa shape index (κ2) is 9.02. The van der Waals surface area contributed by atoms with E-state index in [1.54, 1.807) is 0 Å². The van der Waals surface area contributed by atoms with Crippen LogP contribution in [0.25, 0.3) is 0 Å². The topological polar surface area (TPSA) is 242 Å². The van der Waals surface area contributed by atoms with Gasteiger partial charge in [0.2, 0.25) is 5.91 Å². The first-order valence-electron chi connectivity index (χ1n) is 7.51. The van der Waals surface area contributed by atoms with Crippen molar-refractivity contribution in [3.63, 3.8) is 0 Å². The highest BCUT2D eigenvalue weighted by Crippen LogP contribution is 2.66. The van der Waals surface area contributed by atoms with E-state index in [-0.39, 0.29) is 24.0 Å². The zero-order valence-corrected chi connectivity index (χ0v) is 17.6. The molecule has 0 aromatic heterocycles. The van der Waals surface area contributed by atoms with E-state index >= 15 is 0 Å². The normalized spacial score (nSPS) is 32.6. The first-order chi connectivity index (χ1) is 13.1. The van der Waals surface area contributed by atoms with Crippen molar-refractivity contribution in [2.24, 2.45) is 0 Å². The summed E-state index contributed by atoms with van der Waals surface area (Å²) in [4.78, 5) is 47.9. The van der Waals surface area contributed by atoms with E-state index in [2.05, 4.69) is 18.5 Å². The molecule has 20 heteroatoms. The summed E-state index contributed by atoms with van der Waals surface area (Å²) in [6, 6.07) is 0. The molecule has 0 radical (unpaired) electrons. The molecule has 29 heavy (non-hydrogen) atoms. The molecule has 7 N–H and O–H groups in total. The summed E-state index contributed by atoms with van der Waals surface area (Å²) in [6.07, 6.45) is -5.90. The highest BCUT2D eigenvalue weighted by atomic mass is 32.1. The molecule has 0 aliphatic carbocycles. The number of phosphoric ester groups is 1.